The minimum Gasteiger partial charge on any atom is -0.319 e. The van der Waals surface area contributed by atoms with Crippen LogP contribution in [0.15, 0.2) is 6.20 Å². The summed E-state index contributed by atoms with van der Waals surface area (Å²) >= 11 is 0. The highest BCUT2D eigenvalue weighted by molar-refractivity contribution is 5.29. The molecule has 4 heteroatoms. The van der Waals surface area contributed by atoms with Crippen molar-refractivity contribution in [3.8, 4) is 0 Å². The Balaban J connectivity index is 2.39. The summed E-state index contributed by atoms with van der Waals surface area (Å²) < 4.78 is 1.99. The zero-order valence-electron chi connectivity index (χ0n) is 14.6. The fraction of sp³-hybridized carbons (Fsp3) is 0.824. The summed E-state index contributed by atoms with van der Waals surface area (Å²) in [4.78, 5) is 2.66. The van der Waals surface area contributed by atoms with Crippen molar-refractivity contribution in [1.29, 1.82) is 0 Å². The lowest BCUT2D eigenvalue weighted by atomic mass is 9.84. The Morgan fingerprint density at radius 3 is 2.67 bits per heavy atom. The molecule has 1 N–H and O–H groups in total. The number of nitrogens with zero attached hydrogens (tertiary/aromatic N) is 3. The summed E-state index contributed by atoms with van der Waals surface area (Å²) in [5.41, 5.74) is 2.80. The summed E-state index contributed by atoms with van der Waals surface area (Å²) in [6, 6.07) is 0.514. The highest BCUT2D eigenvalue weighted by atomic mass is 15.3. The molecule has 120 valence electrons. The summed E-state index contributed by atoms with van der Waals surface area (Å²) in [6.45, 7) is 12.6. The highest BCUT2D eigenvalue weighted by Gasteiger charge is 2.38. The maximum absolute atomic E-state index is 4.79. The van der Waals surface area contributed by atoms with Gasteiger partial charge in [-0.2, -0.15) is 5.10 Å². The van der Waals surface area contributed by atoms with Crippen molar-refractivity contribution >= 4 is 0 Å². The molecule has 1 aliphatic heterocycles. The van der Waals surface area contributed by atoms with Crippen molar-refractivity contribution in [2.24, 2.45) is 13.0 Å². The Morgan fingerprint density at radius 2 is 2.10 bits per heavy atom. The summed E-state index contributed by atoms with van der Waals surface area (Å²) in [7, 11) is 4.11. The van der Waals surface area contributed by atoms with Gasteiger partial charge < -0.3 is 5.32 Å². The lowest BCUT2D eigenvalue weighted by molar-refractivity contribution is 0.225. The third-order valence-electron chi connectivity index (χ3n) is 4.49. The van der Waals surface area contributed by atoms with E-state index >= 15 is 0 Å². The normalized spacial score (nSPS) is 23.9. The van der Waals surface area contributed by atoms with Gasteiger partial charge in [-0.15, -0.1) is 0 Å². The molecule has 0 aliphatic carbocycles. The maximum Gasteiger partial charge on any atom is 0.0725 e. The number of likely N-dealkylation sites (tertiary alicyclic amines) is 1. The van der Waals surface area contributed by atoms with Gasteiger partial charge in [0.1, 0.15) is 0 Å². The molecule has 0 amide bonds. The van der Waals surface area contributed by atoms with Crippen LogP contribution in [-0.4, -0.2) is 41.4 Å². The van der Waals surface area contributed by atoms with Gasteiger partial charge in [-0.25, -0.2) is 0 Å². The molecule has 2 heterocycles. The van der Waals surface area contributed by atoms with Crippen LogP contribution in [0.3, 0.4) is 0 Å². The molecule has 1 aromatic heterocycles. The van der Waals surface area contributed by atoms with Crippen molar-refractivity contribution in [3.05, 3.63) is 17.5 Å². The van der Waals surface area contributed by atoms with E-state index in [0.717, 1.165) is 6.54 Å². The first kappa shape index (κ1) is 16.5. The molecule has 2 atom stereocenters. The van der Waals surface area contributed by atoms with E-state index in [4.69, 9.17) is 5.10 Å². The van der Waals surface area contributed by atoms with Crippen molar-refractivity contribution < 1.29 is 0 Å². The van der Waals surface area contributed by atoms with Crippen LogP contribution >= 0.6 is 0 Å². The largest absolute Gasteiger partial charge is 0.319 e. The summed E-state index contributed by atoms with van der Waals surface area (Å²) in [5.74, 6) is 0.687. The monoisotopic (exact) mass is 292 g/mol. The molecular formula is C17H32N4. The predicted octanol–water partition coefficient (Wildman–Crippen LogP) is 2.71. The average molecular weight is 292 g/mol. The number of aromatic nitrogens is 2. The molecule has 2 unspecified atom stereocenters. The Kier molecular flexibility index (Phi) is 5.10. The predicted molar refractivity (Wildman–Crippen MR) is 88.5 cm³/mol. The highest BCUT2D eigenvalue weighted by Crippen LogP contribution is 2.40. The number of nitrogens with one attached hydrogen (secondary N) is 1. The molecule has 1 fully saturated rings. The van der Waals surface area contributed by atoms with Gasteiger partial charge >= 0.3 is 0 Å². The van der Waals surface area contributed by atoms with Crippen molar-refractivity contribution in [2.75, 3.05) is 26.7 Å². The van der Waals surface area contributed by atoms with Gasteiger partial charge in [0.25, 0.3) is 0 Å². The topological polar surface area (TPSA) is 33.1 Å². The van der Waals surface area contributed by atoms with E-state index in [9.17, 15) is 0 Å². The van der Waals surface area contributed by atoms with Crippen LogP contribution in [0.1, 0.15) is 57.8 Å². The van der Waals surface area contributed by atoms with Crippen molar-refractivity contribution in [3.63, 3.8) is 0 Å². The molecule has 1 saturated heterocycles. The quantitative estimate of drug-likeness (QED) is 0.906. The van der Waals surface area contributed by atoms with E-state index in [0.29, 0.717) is 12.0 Å². The molecule has 1 aliphatic rings. The smallest absolute Gasteiger partial charge is 0.0725 e. The molecule has 1 aromatic rings. The van der Waals surface area contributed by atoms with E-state index in [1.165, 1.54) is 37.2 Å². The van der Waals surface area contributed by atoms with E-state index in [-0.39, 0.29) is 5.41 Å². The molecule has 0 aromatic carbocycles. The zero-order valence-corrected chi connectivity index (χ0v) is 14.6. The number of hydrogen-bond acceptors (Lipinski definition) is 3. The molecular weight excluding hydrogens is 260 g/mol. The zero-order chi connectivity index (χ0) is 15.6. The molecule has 2 rings (SSSR count). The number of aryl methyl sites for hydroxylation is 1. The standard InChI is InChI=1S/C17H32N4/c1-7-9-21-10-8-13(11-18-5)15(21)14-12-20(6)19-16(14)17(2,3)4/h12-13,15,18H,7-11H2,1-6H3. The van der Waals surface area contributed by atoms with Crippen LogP contribution in [0.4, 0.5) is 0 Å². The van der Waals surface area contributed by atoms with Crippen LogP contribution in [0.5, 0.6) is 0 Å². The fourth-order valence-corrected chi connectivity index (χ4v) is 3.70. The Bertz CT molecular complexity index is 444. The average Bonchev–Trinajstić information content (AvgIpc) is 2.94. The Labute approximate surface area is 129 Å². The Hall–Kier alpha value is -0.870. The first-order valence-electron chi connectivity index (χ1n) is 8.31. The van der Waals surface area contributed by atoms with Crippen LogP contribution in [0, 0.1) is 5.92 Å². The summed E-state index contributed by atoms with van der Waals surface area (Å²) in [6.07, 6.45) is 4.75. The fourth-order valence-electron chi connectivity index (χ4n) is 3.70. The number of hydrogen-bond donors (Lipinski definition) is 1. The van der Waals surface area contributed by atoms with E-state index in [1.54, 1.807) is 0 Å². The van der Waals surface area contributed by atoms with Crippen molar-refractivity contribution in [1.82, 2.24) is 20.0 Å². The van der Waals surface area contributed by atoms with Gasteiger partial charge in [-0.05, 0) is 45.4 Å². The first-order chi connectivity index (χ1) is 9.88. The van der Waals surface area contributed by atoms with Crippen LogP contribution in [-0.2, 0) is 12.5 Å². The van der Waals surface area contributed by atoms with E-state index in [2.05, 4.69) is 51.2 Å². The van der Waals surface area contributed by atoms with Crippen molar-refractivity contribution in [2.45, 2.75) is 52.0 Å². The maximum atomic E-state index is 4.79. The van der Waals surface area contributed by atoms with Gasteiger partial charge in [-0.1, -0.05) is 27.7 Å². The van der Waals surface area contributed by atoms with Gasteiger partial charge in [0, 0.05) is 30.3 Å². The second-order valence-corrected chi connectivity index (χ2v) is 7.44. The Morgan fingerprint density at radius 1 is 1.38 bits per heavy atom. The second kappa shape index (κ2) is 6.49. The first-order valence-corrected chi connectivity index (χ1v) is 8.31. The van der Waals surface area contributed by atoms with Gasteiger partial charge in [0.15, 0.2) is 0 Å². The van der Waals surface area contributed by atoms with E-state index in [1.807, 2.05) is 11.7 Å². The molecule has 0 radical (unpaired) electrons. The molecule has 0 spiro atoms. The lowest BCUT2D eigenvalue weighted by Crippen LogP contribution is -2.31. The third kappa shape index (κ3) is 3.49. The number of rotatable bonds is 5. The molecule has 4 nitrogen and oxygen atoms in total. The van der Waals surface area contributed by atoms with Crippen LogP contribution in [0.2, 0.25) is 0 Å². The second-order valence-electron chi connectivity index (χ2n) is 7.44. The lowest BCUT2D eigenvalue weighted by Gasteiger charge is -2.30. The summed E-state index contributed by atoms with van der Waals surface area (Å²) in [5, 5.41) is 8.17. The third-order valence-corrected chi connectivity index (χ3v) is 4.49. The van der Waals surface area contributed by atoms with Gasteiger partial charge in [0.05, 0.1) is 5.69 Å². The minimum atomic E-state index is 0.0985. The van der Waals surface area contributed by atoms with E-state index < -0.39 is 0 Å². The SMILES string of the molecule is CCCN1CCC(CNC)C1c1cn(C)nc1C(C)(C)C. The molecule has 21 heavy (non-hydrogen) atoms. The minimum absolute atomic E-state index is 0.0985. The van der Waals surface area contributed by atoms with Gasteiger partial charge in [0.2, 0.25) is 0 Å². The van der Waals surface area contributed by atoms with Crippen LogP contribution < -0.4 is 5.32 Å². The molecule has 0 bridgehead atoms. The van der Waals surface area contributed by atoms with Crippen LogP contribution in [0.25, 0.3) is 0 Å². The molecule has 0 saturated carbocycles. The van der Waals surface area contributed by atoms with Gasteiger partial charge in [-0.3, -0.25) is 9.58 Å².